The lowest BCUT2D eigenvalue weighted by Crippen LogP contribution is -2.29. The van der Waals surface area contributed by atoms with E-state index in [0.717, 1.165) is 0 Å². The predicted octanol–water partition coefficient (Wildman–Crippen LogP) is 3.85. The van der Waals surface area contributed by atoms with Crippen LogP contribution in [0.25, 0.3) is 0 Å². The van der Waals surface area contributed by atoms with Gasteiger partial charge in [-0.25, -0.2) is 0 Å². The number of hydrogen-bond donors (Lipinski definition) is 1. The van der Waals surface area contributed by atoms with Gasteiger partial charge in [-0.15, -0.1) is 11.3 Å². The molecule has 0 saturated heterocycles. The van der Waals surface area contributed by atoms with Gasteiger partial charge in [-0.05, 0) is 63.5 Å². The van der Waals surface area contributed by atoms with E-state index in [1.54, 1.807) is 10.4 Å². The third-order valence-electron chi connectivity index (χ3n) is 4.65. The quantitative estimate of drug-likeness (QED) is 0.904. The van der Waals surface area contributed by atoms with Gasteiger partial charge in [0.1, 0.15) is 0 Å². The van der Waals surface area contributed by atoms with E-state index in [0.29, 0.717) is 18.2 Å². The zero-order chi connectivity index (χ0) is 13.2. The van der Waals surface area contributed by atoms with Crippen LogP contribution in [-0.2, 0) is 17.6 Å². The van der Waals surface area contributed by atoms with E-state index < -0.39 is 0 Å². The van der Waals surface area contributed by atoms with Crippen molar-refractivity contribution < 1.29 is 4.74 Å². The van der Waals surface area contributed by atoms with Gasteiger partial charge in [0, 0.05) is 28.9 Å². The minimum atomic E-state index is 0.473. The lowest BCUT2D eigenvalue weighted by atomic mass is 9.99. The molecule has 1 fully saturated rings. The Morgan fingerprint density at radius 1 is 1.32 bits per heavy atom. The average molecular weight is 279 g/mol. The van der Waals surface area contributed by atoms with Gasteiger partial charge in [0.25, 0.3) is 0 Å². The number of fused-ring (bicyclic) bond motifs is 1. The third kappa shape index (κ3) is 3.04. The minimum Gasteiger partial charge on any atom is -0.381 e. The fraction of sp³-hybridized carbons (Fsp3) is 0.750. The van der Waals surface area contributed by atoms with Crippen molar-refractivity contribution in [2.24, 2.45) is 0 Å². The Bertz CT molecular complexity index is 405. The van der Waals surface area contributed by atoms with Crippen molar-refractivity contribution in [2.75, 3.05) is 7.11 Å². The molecule has 0 radical (unpaired) electrons. The standard InChI is InChI=1S/C16H25NOS/c1-11(17-13-7-8-14(10-13)18-2)16-9-12-5-3-4-6-15(12)19-16/h9,11,13-14,17H,3-8,10H2,1-2H3. The summed E-state index contributed by atoms with van der Waals surface area (Å²) < 4.78 is 5.46. The molecule has 3 unspecified atom stereocenters. The van der Waals surface area contributed by atoms with Crippen LogP contribution in [0.5, 0.6) is 0 Å². The number of nitrogens with one attached hydrogen (secondary N) is 1. The van der Waals surface area contributed by atoms with Crippen LogP contribution in [0.15, 0.2) is 6.07 Å². The van der Waals surface area contributed by atoms with Gasteiger partial charge in [-0.3, -0.25) is 0 Å². The number of aryl methyl sites for hydroxylation is 2. The maximum absolute atomic E-state index is 5.46. The molecule has 0 bridgehead atoms. The van der Waals surface area contributed by atoms with Crippen molar-refractivity contribution in [3.05, 3.63) is 21.4 Å². The van der Waals surface area contributed by atoms with E-state index in [1.165, 1.54) is 49.8 Å². The first-order valence-corrected chi connectivity index (χ1v) is 8.48. The van der Waals surface area contributed by atoms with E-state index in [2.05, 4.69) is 18.3 Å². The molecule has 19 heavy (non-hydrogen) atoms. The van der Waals surface area contributed by atoms with Crippen LogP contribution >= 0.6 is 11.3 Å². The molecule has 2 aliphatic carbocycles. The second kappa shape index (κ2) is 5.94. The maximum atomic E-state index is 5.46. The second-order valence-corrected chi connectivity index (χ2v) is 7.23. The van der Waals surface area contributed by atoms with E-state index in [-0.39, 0.29) is 0 Å². The Hall–Kier alpha value is -0.380. The topological polar surface area (TPSA) is 21.3 Å². The Labute approximate surface area is 120 Å². The minimum absolute atomic E-state index is 0.473. The first-order chi connectivity index (χ1) is 9.26. The van der Waals surface area contributed by atoms with Crippen LogP contribution < -0.4 is 5.32 Å². The fourth-order valence-corrected chi connectivity index (χ4v) is 4.74. The highest BCUT2D eigenvalue weighted by atomic mass is 32.1. The molecule has 1 N–H and O–H groups in total. The lowest BCUT2D eigenvalue weighted by molar-refractivity contribution is 0.106. The van der Waals surface area contributed by atoms with E-state index in [1.807, 2.05) is 18.4 Å². The first-order valence-electron chi connectivity index (χ1n) is 7.66. The zero-order valence-electron chi connectivity index (χ0n) is 12.1. The maximum Gasteiger partial charge on any atom is 0.0586 e. The second-order valence-electron chi connectivity index (χ2n) is 6.06. The van der Waals surface area contributed by atoms with Crippen molar-refractivity contribution in [1.29, 1.82) is 0 Å². The van der Waals surface area contributed by atoms with Crippen molar-refractivity contribution in [1.82, 2.24) is 5.32 Å². The molecule has 0 spiro atoms. The summed E-state index contributed by atoms with van der Waals surface area (Å²) in [4.78, 5) is 3.18. The van der Waals surface area contributed by atoms with E-state index >= 15 is 0 Å². The van der Waals surface area contributed by atoms with Gasteiger partial charge >= 0.3 is 0 Å². The van der Waals surface area contributed by atoms with Crippen molar-refractivity contribution >= 4 is 11.3 Å². The van der Waals surface area contributed by atoms with Gasteiger partial charge in [-0.1, -0.05) is 0 Å². The molecular formula is C16H25NOS. The molecule has 2 aliphatic rings. The summed E-state index contributed by atoms with van der Waals surface area (Å²) in [5.74, 6) is 0. The molecule has 0 aliphatic heterocycles. The highest BCUT2D eigenvalue weighted by Crippen LogP contribution is 2.33. The summed E-state index contributed by atoms with van der Waals surface area (Å²) in [5, 5.41) is 3.80. The zero-order valence-corrected chi connectivity index (χ0v) is 12.9. The summed E-state index contributed by atoms with van der Waals surface area (Å²) in [6, 6.07) is 3.59. The van der Waals surface area contributed by atoms with Gasteiger partial charge in [0.2, 0.25) is 0 Å². The molecule has 0 amide bonds. The largest absolute Gasteiger partial charge is 0.381 e. The number of rotatable bonds is 4. The van der Waals surface area contributed by atoms with Crippen LogP contribution in [-0.4, -0.2) is 19.3 Å². The van der Waals surface area contributed by atoms with Gasteiger partial charge in [0.15, 0.2) is 0 Å². The van der Waals surface area contributed by atoms with E-state index in [4.69, 9.17) is 4.74 Å². The first kappa shape index (κ1) is 13.6. The molecule has 1 aromatic heterocycles. The van der Waals surface area contributed by atoms with Gasteiger partial charge in [0.05, 0.1) is 6.10 Å². The monoisotopic (exact) mass is 279 g/mol. The molecule has 1 saturated carbocycles. The Morgan fingerprint density at radius 3 is 2.89 bits per heavy atom. The number of methoxy groups -OCH3 is 1. The number of ether oxygens (including phenoxy) is 1. The van der Waals surface area contributed by atoms with Crippen LogP contribution in [0, 0.1) is 0 Å². The summed E-state index contributed by atoms with van der Waals surface area (Å²) in [5.41, 5.74) is 1.63. The normalized spacial score (nSPS) is 28.3. The average Bonchev–Trinajstić information content (AvgIpc) is 3.04. The van der Waals surface area contributed by atoms with Crippen LogP contribution in [0.1, 0.15) is 60.4 Å². The molecule has 106 valence electrons. The SMILES string of the molecule is COC1CCC(NC(C)c2cc3c(s2)CCCC3)C1. The molecule has 0 aromatic carbocycles. The van der Waals surface area contributed by atoms with Gasteiger partial charge in [-0.2, -0.15) is 0 Å². The summed E-state index contributed by atoms with van der Waals surface area (Å²) >= 11 is 2.04. The molecule has 3 heteroatoms. The molecule has 1 aromatic rings. The smallest absolute Gasteiger partial charge is 0.0586 e. The Morgan fingerprint density at radius 2 is 2.16 bits per heavy atom. The Kier molecular flexibility index (Phi) is 4.25. The van der Waals surface area contributed by atoms with Crippen LogP contribution in [0.2, 0.25) is 0 Å². The van der Waals surface area contributed by atoms with Crippen LogP contribution in [0.4, 0.5) is 0 Å². The highest BCUT2D eigenvalue weighted by Gasteiger charge is 2.26. The van der Waals surface area contributed by atoms with Crippen molar-refractivity contribution in [3.8, 4) is 0 Å². The fourth-order valence-electron chi connectivity index (χ4n) is 3.47. The molecule has 1 heterocycles. The summed E-state index contributed by atoms with van der Waals surface area (Å²) in [7, 11) is 1.84. The van der Waals surface area contributed by atoms with Crippen LogP contribution in [0.3, 0.4) is 0 Å². The Balaban J connectivity index is 1.61. The molecular weight excluding hydrogens is 254 g/mol. The molecule has 2 nitrogen and oxygen atoms in total. The summed E-state index contributed by atoms with van der Waals surface area (Å²) in [6.45, 7) is 2.32. The van der Waals surface area contributed by atoms with Crippen molar-refractivity contribution in [3.63, 3.8) is 0 Å². The third-order valence-corrected chi connectivity index (χ3v) is 6.07. The lowest BCUT2D eigenvalue weighted by Gasteiger charge is -2.18. The summed E-state index contributed by atoms with van der Waals surface area (Å²) in [6.07, 6.45) is 9.48. The highest BCUT2D eigenvalue weighted by molar-refractivity contribution is 7.12. The molecule has 3 atom stereocenters. The van der Waals surface area contributed by atoms with E-state index in [9.17, 15) is 0 Å². The van der Waals surface area contributed by atoms with Gasteiger partial charge < -0.3 is 10.1 Å². The number of hydrogen-bond acceptors (Lipinski definition) is 3. The number of thiophene rings is 1. The van der Waals surface area contributed by atoms with Crippen molar-refractivity contribution in [2.45, 2.75) is 70.1 Å². The molecule has 3 rings (SSSR count). The predicted molar refractivity (Wildman–Crippen MR) is 80.9 cm³/mol.